The van der Waals surface area contributed by atoms with Crippen molar-refractivity contribution >= 4 is 63.4 Å². The highest BCUT2D eigenvalue weighted by molar-refractivity contribution is 8.01. The fraction of sp³-hybridized carbons (Fsp3) is 0.333. The maximum absolute atomic E-state index is 12.7. The van der Waals surface area contributed by atoms with Gasteiger partial charge in [0.25, 0.3) is 5.91 Å². The van der Waals surface area contributed by atoms with Crippen molar-refractivity contribution in [3.05, 3.63) is 40.9 Å². The minimum Gasteiger partial charge on any atom is -0.477 e. The molecule has 2 aliphatic rings. The maximum Gasteiger partial charge on any atom is 0.352 e. The molecule has 0 radical (unpaired) electrons. The molecule has 0 bridgehead atoms. The van der Waals surface area contributed by atoms with Crippen molar-refractivity contribution in [3.8, 4) is 0 Å². The molecule has 2 N–H and O–H groups in total. The second-order valence-electron chi connectivity index (χ2n) is 6.65. The van der Waals surface area contributed by atoms with Crippen LogP contribution in [0.5, 0.6) is 0 Å². The molecule has 1 fully saturated rings. The number of aromatic nitrogens is 1. The van der Waals surface area contributed by atoms with E-state index in [-0.39, 0.29) is 11.4 Å². The van der Waals surface area contributed by atoms with E-state index in [2.05, 4.69) is 10.3 Å². The number of carbonyl (C=O) groups excluding carboxylic acids is 2. The molecule has 13 heteroatoms. The molecule has 3 atom stereocenters. The third-order valence-electron chi connectivity index (χ3n) is 4.63. The predicted octanol–water partition coefficient (Wildman–Crippen LogP) is 1.68. The molecule has 1 saturated heterocycles. The van der Waals surface area contributed by atoms with Gasteiger partial charge in [-0.1, -0.05) is 17.8 Å². The first-order chi connectivity index (χ1) is 14.9. The second-order valence-corrected chi connectivity index (χ2v) is 11.3. The fourth-order valence-corrected chi connectivity index (χ4v) is 7.48. The van der Waals surface area contributed by atoms with Crippen LogP contribution in [0.4, 0.5) is 0 Å². The Kier molecular flexibility index (Phi) is 6.55. The van der Waals surface area contributed by atoms with Crippen molar-refractivity contribution in [1.82, 2.24) is 15.2 Å². The van der Waals surface area contributed by atoms with Crippen molar-refractivity contribution in [2.45, 2.75) is 27.6 Å². The van der Waals surface area contributed by atoms with Crippen LogP contribution >= 0.6 is 34.9 Å². The number of nitrogens with zero attached hydrogens (tertiary/aromatic N) is 2. The summed E-state index contributed by atoms with van der Waals surface area (Å²) in [6.07, 6.45) is 1.33. The molecule has 31 heavy (non-hydrogen) atoms. The van der Waals surface area contributed by atoms with E-state index >= 15 is 0 Å². The lowest BCUT2D eigenvalue weighted by Gasteiger charge is -2.49. The molecule has 0 saturated carbocycles. The van der Waals surface area contributed by atoms with Crippen LogP contribution in [-0.4, -0.2) is 65.7 Å². The molecule has 9 nitrogen and oxygen atoms in total. The number of hydrogen-bond donors (Lipinski definition) is 2. The van der Waals surface area contributed by atoms with E-state index in [0.29, 0.717) is 32.1 Å². The molecule has 4 rings (SSSR count). The van der Waals surface area contributed by atoms with Crippen LogP contribution in [-0.2, 0) is 25.2 Å². The highest BCUT2D eigenvalue weighted by Gasteiger charge is 2.54. The Balaban J connectivity index is 1.42. The molecule has 2 aromatic heterocycles. The Morgan fingerprint density at radius 3 is 2.94 bits per heavy atom. The van der Waals surface area contributed by atoms with Crippen LogP contribution in [0, 0.1) is 6.92 Å². The highest BCUT2D eigenvalue weighted by Crippen LogP contribution is 2.41. The number of hydrogen-bond acceptors (Lipinski definition) is 9. The zero-order valence-corrected chi connectivity index (χ0v) is 19.4. The zero-order chi connectivity index (χ0) is 22.1. The Morgan fingerprint density at radius 1 is 1.48 bits per heavy atom. The lowest BCUT2D eigenvalue weighted by molar-refractivity contribution is -0.150. The molecule has 4 heterocycles. The number of carboxylic acid groups (broad SMARTS) is 1. The lowest BCUT2D eigenvalue weighted by atomic mass is 10.0. The van der Waals surface area contributed by atoms with Gasteiger partial charge in [0.2, 0.25) is 5.91 Å². The number of amides is 2. The van der Waals surface area contributed by atoms with E-state index in [1.54, 1.807) is 24.4 Å². The van der Waals surface area contributed by atoms with Crippen LogP contribution in [0.1, 0.15) is 5.69 Å². The number of oxazole rings is 1. The smallest absolute Gasteiger partial charge is 0.352 e. The van der Waals surface area contributed by atoms with E-state index in [1.165, 1.54) is 46.2 Å². The summed E-state index contributed by atoms with van der Waals surface area (Å²) in [7, 11) is -1.48. The van der Waals surface area contributed by atoms with Gasteiger partial charge in [0, 0.05) is 11.5 Å². The van der Waals surface area contributed by atoms with Gasteiger partial charge < -0.3 is 14.8 Å². The molecule has 0 aromatic carbocycles. The van der Waals surface area contributed by atoms with Gasteiger partial charge in [-0.25, -0.2) is 9.78 Å². The van der Waals surface area contributed by atoms with Crippen LogP contribution in [0.15, 0.2) is 48.9 Å². The molecule has 3 unspecified atom stereocenters. The summed E-state index contributed by atoms with van der Waals surface area (Å²) in [6, 6.07) is 2.60. The van der Waals surface area contributed by atoms with E-state index < -0.39 is 40.0 Å². The van der Waals surface area contributed by atoms with Gasteiger partial charge >= 0.3 is 5.97 Å². The number of carboxylic acids is 1. The number of thioether (sulfide) groups is 2. The molecule has 0 spiro atoms. The molecule has 2 aliphatic heterocycles. The minimum absolute atomic E-state index is 0.0499. The summed E-state index contributed by atoms with van der Waals surface area (Å²) in [5, 5.41) is 14.2. The predicted molar refractivity (Wildman–Crippen MR) is 117 cm³/mol. The first-order valence-electron chi connectivity index (χ1n) is 9.01. The van der Waals surface area contributed by atoms with E-state index in [9.17, 15) is 23.7 Å². The summed E-state index contributed by atoms with van der Waals surface area (Å²) in [5.74, 6) is -1.67. The maximum atomic E-state index is 12.7. The van der Waals surface area contributed by atoms with Crippen LogP contribution in [0.25, 0.3) is 0 Å². The van der Waals surface area contributed by atoms with Gasteiger partial charge in [0.15, 0.2) is 11.5 Å². The van der Waals surface area contributed by atoms with Crippen molar-refractivity contribution in [3.63, 3.8) is 0 Å². The van der Waals surface area contributed by atoms with Crippen molar-refractivity contribution in [2.75, 3.05) is 17.3 Å². The molecule has 2 aromatic rings. The summed E-state index contributed by atoms with van der Waals surface area (Å²) >= 11 is 4.01. The number of rotatable bonds is 8. The molecular formula is C18H17N3O6S4. The van der Waals surface area contributed by atoms with Gasteiger partial charge in [-0.3, -0.25) is 18.7 Å². The number of thiophene rings is 1. The standard InChI is InChI=1S/C18H17N3O6S4/c1-9-18(27-8-19-9)30-6-10-5-29-16-13(15(23)21(16)14(10)17(24)25)20-11(22)7-31(26)12-3-2-4-28-12/h2-4,8,13,16H,5-7H2,1H3,(H,20,22)(H,24,25). The number of aryl methyl sites for hydroxylation is 1. The van der Waals surface area contributed by atoms with Crippen molar-refractivity contribution in [2.24, 2.45) is 0 Å². The first-order valence-corrected chi connectivity index (χ1v) is 13.2. The van der Waals surface area contributed by atoms with Gasteiger partial charge in [-0.15, -0.1) is 23.1 Å². The Morgan fingerprint density at radius 2 is 2.29 bits per heavy atom. The highest BCUT2D eigenvalue weighted by atomic mass is 32.2. The lowest BCUT2D eigenvalue weighted by Crippen LogP contribution is -2.70. The number of β-lactam (4-membered cyclic amide) rings is 1. The number of nitrogens with one attached hydrogen (secondary N) is 1. The van der Waals surface area contributed by atoms with Crippen molar-refractivity contribution < 1.29 is 28.1 Å². The number of aliphatic carboxylic acids is 1. The summed E-state index contributed by atoms with van der Waals surface area (Å²) in [5.41, 5.74) is 1.27. The average molecular weight is 500 g/mol. The molecule has 164 valence electrons. The molecule has 0 aliphatic carbocycles. The van der Waals surface area contributed by atoms with E-state index in [4.69, 9.17) is 4.42 Å². The SMILES string of the molecule is Cc1ncoc1SCC1=C(C(=O)O)N2C(=O)C(NC(=O)CS(=O)c3cccs3)C2SC1. The van der Waals surface area contributed by atoms with Crippen LogP contribution in [0.3, 0.4) is 0 Å². The first kappa shape index (κ1) is 22.1. The van der Waals surface area contributed by atoms with E-state index in [1.807, 2.05) is 0 Å². The third kappa shape index (κ3) is 4.45. The van der Waals surface area contributed by atoms with Crippen LogP contribution < -0.4 is 5.32 Å². The Hall–Kier alpha value is -2.09. The summed E-state index contributed by atoms with van der Waals surface area (Å²) < 4.78 is 18.1. The van der Waals surface area contributed by atoms with Crippen molar-refractivity contribution in [1.29, 1.82) is 0 Å². The zero-order valence-electron chi connectivity index (χ0n) is 16.1. The normalized spacial score (nSPS) is 21.5. The quantitative estimate of drug-likeness (QED) is 0.411. The molecular weight excluding hydrogens is 482 g/mol. The largest absolute Gasteiger partial charge is 0.477 e. The van der Waals surface area contributed by atoms with Gasteiger partial charge in [0.05, 0.1) is 20.7 Å². The number of carbonyl (C=O) groups is 3. The summed E-state index contributed by atoms with van der Waals surface area (Å²) in [6.45, 7) is 1.79. The Bertz CT molecular complexity index is 1080. The summed E-state index contributed by atoms with van der Waals surface area (Å²) in [4.78, 5) is 42.1. The van der Waals surface area contributed by atoms with Crippen LogP contribution in [0.2, 0.25) is 0 Å². The second kappa shape index (κ2) is 9.18. The minimum atomic E-state index is -1.48. The van der Waals surface area contributed by atoms with Gasteiger partial charge in [-0.05, 0) is 23.9 Å². The van der Waals surface area contributed by atoms with Gasteiger partial charge in [0.1, 0.15) is 22.9 Å². The monoisotopic (exact) mass is 499 g/mol. The Labute approximate surface area is 192 Å². The van der Waals surface area contributed by atoms with E-state index in [0.717, 1.165) is 0 Å². The van der Waals surface area contributed by atoms with Gasteiger partial charge in [-0.2, -0.15) is 0 Å². The fourth-order valence-electron chi connectivity index (χ4n) is 3.18. The third-order valence-corrected chi connectivity index (χ3v) is 9.73. The average Bonchev–Trinajstić information content (AvgIpc) is 3.41. The molecule has 2 amide bonds. The topological polar surface area (TPSA) is 130 Å². The number of fused-ring (bicyclic) bond motifs is 1.